The lowest BCUT2D eigenvalue weighted by Gasteiger charge is -2.32. The highest BCUT2D eigenvalue weighted by Gasteiger charge is 2.52. The molecule has 32 heteroatoms. The molecule has 2 atom stereocenters. The molecule has 11 rings (SSSR count). The Hall–Kier alpha value is -7.95. The van der Waals surface area contributed by atoms with Gasteiger partial charge in [-0.15, -0.1) is 0 Å². The van der Waals surface area contributed by atoms with Crippen molar-refractivity contribution in [3.05, 3.63) is 220 Å². The van der Waals surface area contributed by atoms with Crippen LogP contribution >= 0.6 is 42.5 Å². The summed E-state index contributed by atoms with van der Waals surface area (Å²) < 4.78 is 129. The molecule has 0 saturated carbocycles. The first-order valence-electron chi connectivity index (χ1n) is 30.3. The molecule has 0 unspecified atom stereocenters. The van der Waals surface area contributed by atoms with E-state index < -0.39 is 77.3 Å². The minimum absolute atomic E-state index is 0.0438. The molecule has 6 heterocycles. The molecule has 23 nitrogen and oxygen atoms in total. The molecule has 3 aromatic heterocycles. The topological polar surface area (TPSA) is 315 Å². The van der Waals surface area contributed by atoms with E-state index in [1.807, 2.05) is 39.8 Å². The summed E-state index contributed by atoms with van der Waals surface area (Å²) >= 11 is 6.44. The SMILES string of the molecule is CC(=O)CC[C@H]1CN(c2ccc(B3OC(C)(C)C(C)(C)O3)c(F)c2)C(=O)O1.CC(=O)NC[C@H]1CN(c2ccc(-c3ccc(S(=O)(=O)NCc4ccncc4)cc3)c(F)c2)C(=O)O1.NCc1ccncc1.O=S(=O)(Cl)c1ccc(Br)cc1.O=S(=O)(NCc1ccncc1)c1ccc(Br)cc1. The standard InChI is InChI=1S/C24H23FN4O5S.C19H25BFNO5.C12H11BrN2O2S.C6H4BrClO2S.C6H8N2/c1-16(30)27-14-20-15-29(24(31)34-20)19-4-7-22(23(25)12-19)18-2-5-21(6-3-18)35(32,33)28-13-17-8-10-26-11-9-17;1-12(23)6-8-14-11-22(17(24)25-14)13-7-9-15(16(21)10-13)20-26-18(2,3)19(4,5)27-20;13-11-1-3-12(4-2-11)18(16,17)15-9-10-5-7-14-8-6-10;7-5-1-3-6(4-2-5)11(8,9)10;7-5-6-1-3-8-4-2-6/h2-12,20,28H,13-15H2,1H3,(H,27,30);7,9-10,14H,6,8,11H2,1-5H3;1-8,15H,9H2;1-4H;1-4H,5,7H2/t20-;14-;;;/m00.../s1. The Morgan fingerprint density at radius 1 is 0.596 bits per heavy atom. The molecular formula is C67H71BBr2ClF2N9O14S3. The number of hydrogen-bond donors (Lipinski definition) is 4. The Bertz CT molecular complexity index is 4410. The van der Waals surface area contributed by atoms with Crippen molar-refractivity contribution in [2.75, 3.05) is 29.4 Å². The molecule has 5 N–H and O–H groups in total. The normalized spacial score (nSPS) is 16.1. The third-order valence-electron chi connectivity index (χ3n) is 15.3. The number of pyridine rings is 3. The quantitative estimate of drug-likeness (QED) is 0.0432. The van der Waals surface area contributed by atoms with Crippen LogP contribution in [0.15, 0.2) is 206 Å². The van der Waals surface area contributed by atoms with Gasteiger partial charge in [-0.3, -0.25) is 29.5 Å². The number of anilines is 2. The van der Waals surface area contributed by atoms with E-state index in [0.29, 0.717) is 42.9 Å². The number of nitrogens with two attached hydrogens (primary N) is 1. The minimum atomic E-state index is -3.76. The van der Waals surface area contributed by atoms with Crippen LogP contribution in [0.2, 0.25) is 0 Å². The molecule has 3 saturated heterocycles. The van der Waals surface area contributed by atoms with Crippen molar-refractivity contribution < 1.29 is 72.0 Å². The summed E-state index contributed by atoms with van der Waals surface area (Å²) in [5.41, 5.74) is 8.71. The van der Waals surface area contributed by atoms with Crippen LogP contribution in [0.5, 0.6) is 0 Å². The van der Waals surface area contributed by atoms with E-state index in [0.717, 1.165) is 25.6 Å². The number of ether oxygens (including phenoxy) is 2. The maximum atomic E-state index is 14.9. The van der Waals surface area contributed by atoms with Crippen molar-refractivity contribution in [2.24, 2.45) is 5.73 Å². The van der Waals surface area contributed by atoms with Gasteiger partial charge in [0.05, 0.1) is 56.9 Å². The van der Waals surface area contributed by atoms with E-state index in [2.05, 4.69) is 61.6 Å². The number of hydrogen-bond acceptors (Lipinski definition) is 18. The molecule has 0 bridgehead atoms. The van der Waals surface area contributed by atoms with Crippen molar-refractivity contribution >= 4 is 119 Å². The summed E-state index contributed by atoms with van der Waals surface area (Å²) in [6.07, 6.45) is 8.64. The Morgan fingerprint density at radius 3 is 1.42 bits per heavy atom. The highest BCUT2D eigenvalue weighted by Crippen LogP contribution is 2.37. The number of sulfonamides is 2. The van der Waals surface area contributed by atoms with Gasteiger partial charge in [0.1, 0.15) is 29.6 Å². The predicted molar refractivity (Wildman–Crippen MR) is 378 cm³/mol. The van der Waals surface area contributed by atoms with E-state index >= 15 is 0 Å². The summed E-state index contributed by atoms with van der Waals surface area (Å²) in [6.45, 7) is 12.1. The molecule has 3 fully saturated rings. The fourth-order valence-corrected chi connectivity index (χ4v) is 12.5. The predicted octanol–water partition coefficient (Wildman–Crippen LogP) is 10.9. The summed E-state index contributed by atoms with van der Waals surface area (Å²) in [6, 6.07) is 38.1. The number of amides is 3. The first kappa shape index (κ1) is 78.4. The van der Waals surface area contributed by atoms with Crippen LogP contribution in [-0.2, 0) is 77.1 Å². The average molecular weight is 1570 g/mol. The van der Waals surface area contributed by atoms with Gasteiger partial charge in [0, 0.05) is 101 Å². The first-order chi connectivity index (χ1) is 46.7. The second-order valence-corrected chi connectivity index (χ2v) is 31.1. The monoisotopic (exact) mass is 1560 g/mol. The van der Waals surface area contributed by atoms with Gasteiger partial charge in [-0.2, -0.15) is 0 Å². The summed E-state index contributed by atoms with van der Waals surface area (Å²) in [4.78, 5) is 61.1. The fraction of sp³-hybridized carbons (Fsp3) is 0.269. The minimum Gasteiger partial charge on any atom is -0.444 e. The highest BCUT2D eigenvalue weighted by atomic mass is 79.9. The first-order valence-corrected chi connectivity index (χ1v) is 37.2. The third kappa shape index (κ3) is 23.3. The summed E-state index contributed by atoms with van der Waals surface area (Å²) in [7, 11) is -6.53. The number of benzene rings is 5. The van der Waals surface area contributed by atoms with Gasteiger partial charge in [0.25, 0.3) is 9.05 Å². The summed E-state index contributed by atoms with van der Waals surface area (Å²) in [5, 5.41) is 2.59. The van der Waals surface area contributed by atoms with Crippen LogP contribution < -0.4 is 35.8 Å². The van der Waals surface area contributed by atoms with Crippen molar-refractivity contribution in [3.63, 3.8) is 0 Å². The number of aromatic nitrogens is 3. The number of carbonyl (C=O) groups excluding carboxylic acids is 4. The van der Waals surface area contributed by atoms with Crippen molar-refractivity contribution in [2.45, 2.75) is 112 Å². The lowest BCUT2D eigenvalue weighted by Crippen LogP contribution is -2.41. The Balaban J connectivity index is 0.000000190. The van der Waals surface area contributed by atoms with Gasteiger partial charge < -0.3 is 34.6 Å². The van der Waals surface area contributed by atoms with Crippen LogP contribution in [0.3, 0.4) is 0 Å². The number of Topliss-reactive ketones (excluding diaryl/α,β-unsaturated/α-hetero) is 1. The van der Waals surface area contributed by atoms with Crippen molar-refractivity contribution in [1.82, 2.24) is 29.7 Å². The van der Waals surface area contributed by atoms with E-state index in [1.165, 1.54) is 78.2 Å². The zero-order valence-electron chi connectivity index (χ0n) is 54.4. The maximum absolute atomic E-state index is 14.9. The van der Waals surface area contributed by atoms with Gasteiger partial charge in [0.15, 0.2) is 0 Å². The molecule has 0 radical (unpaired) electrons. The number of nitrogens with zero attached hydrogens (tertiary/aromatic N) is 5. The average Bonchev–Trinajstić information content (AvgIpc) is 1.63. The third-order valence-corrected chi connectivity index (χ3v) is 20.6. The lowest BCUT2D eigenvalue weighted by atomic mass is 9.78. The summed E-state index contributed by atoms with van der Waals surface area (Å²) in [5.74, 6) is -1.28. The van der Waals surface area contributed by atoms with E-state index in [-0.39, 0.29) is 69.7 Å². The molecule has 524 valence electrons. The van der Waals surface area contributed by atoms with Gasteiger partial charge in [-0.05, 0) is 191 Å². The Morgan fingerprint density at radius 2 is 1.01 bits per heavy atom. The maximum Gasteiger partial charge on any atom is 0.497 e. The van der Waals surface area contributed by atoms with Gasteiger partial charge in [0.2, 0.25) is 26.0 Å². The van der Waals surface area contributed by atoms with Crippen LogP contribution in [-0.4, -0.2) is 114 Å². The number of ketones is 1. The number of nitrogens with one attached hydrogen (secondary N) is 3. The zero-order valence-corrected chi connectivity index (χ0v) is 60.7. The van der Waals surface area contributed by atoms with Crippen LogP contribution in [0, 0.1) is 11.6 Å². The Labute approximate surface area is 595 Å². The molecule has 8 aromatic rings. The lowest BCUT2D eigenvalue weighted by molar-refractivity contribution is -0.119. The molecule has 99 heavy (non-hydrogen) atoms. The fourth-order valence-electron chi connectivity index (χ4n) is 9.16. The van der Waals surface area contributed by atoms with Crippen LogP contribution in [0.4, 0.5) is 29.7 Å². The molecule has 0 aliphatic carbocycles. The molecule has 3 aliphatic heterocycles. The van der Waals surface area contributed by atoms with E-state index in [9.17, 15) is 53.2 Å². The molecule has 5 aromatic carbocycles. The largest absolute Gasteiger partial charge is 0.497 e. The van der Waals surface area contributed by atoms with E-state index in [4.69, 9.17) is 35.2 Å². The zero-order chi connectivity index (χ0) is 72.3. The number of cyclic esters (lactones) is 2. The van der Waals surface area contributed by atoms with E-state index in [1.54, 1.807) is 116 Å². The smallest absolute Gasteiger partial charge is 0.444 e. The second kappa shape index (κ2) is 35.4. The molecule has 0 spiro atoms. The Kier molecular flexibility index (Phi) is 28.0. The van der Waals surface area contributed by atoms with Crippen LogP contribution in [0.25, 0.3) is 11.1 Å². The van der Waals surface area contributed by atoms with Crippen LogP contribution in [0.1, 0.15) is 71.1 Å². The van der Waals surface area contributed by atoms with Crippen molar-refractivity contribution in [1.29, 1.82) is 0 Å². The molecule has 3 amide bonds. The number of rotatable bonds is 19. The molecule has 3 aliphatic rings. The second-order valence-electron chi connectivity index (χ2n) is 23.2. The van der Waals surface area contributed by atoms with Gasteiger partial charge in [-0.25, -0.2) is 53.1 Å². The molecular weight excluding hydrogens is 1500 g/mol. The number of carbonyl (C=O) groups is 4. The van der Waals surface area contributed by atoms with Gasteiger partial charge in [-0.1, -0.05) is 50.1 Å². The highest BCUT2D eigenvalue weighted by molar-refractivity contribution is 9.10. The van der Waals surface area contributed by atoms with Crippen molar-refractivity contribution in [3.8, 4) is 11.1 Å². The number of halogens is 5. The van der Waals surface area contributed by atoms with Gasteiger partial charge >= 0.3 is 19.3 Å².